The molecule has 29 heavy (non-hydrogen) atoms. The zero-order chi connectivity index (χ0) is 21.6. The molecule has 0 aliphatic rings. The van der Waals surface area contributed by atoms with Gasteiger partial charge in [-0.2, -0.15) is 0 Å². The van der Waals surface area contributed by atoms with Gasteiger partial charge in [0.15, 0.2) is 0 Å². The lowest BCUT2D eigenvalue weighted by Gasteiger charge is -2.15. The molecule has 0 spiro atoms. The van der Waals surface area contributed by atoms with Crippen LogP contribution in [-0.2, 0) is 4.79 Å². The first-order chi connectivity index (χ1) is 13.8. The van der Waals surface area contributed by atoms with Crippen LogP contribution in [0.25, 0.3) is 5.70 Å². The highest BCUT2D eigenvalue weighted by Crippen LogP contribution is 2.32. The van der Waals surface area contributed by atoms with E-state index >= 15 is 0 Å². The molecule has 152 valence electrons. The summed E-state index contributed by atoms with van der Waals surface area (Å²) in [4.78, 5) is 30.0. The summed E-state index contributed by atoms with van der Waals surface area (Å²) in [6, 6.07) is 3.31. The number of aliphatic imine (C=N–C) groups is 1. The van der Waals surface area contributed by atoms with Crippen LogP contribution in [0.3, 0.4) is 0 Å². The van der Waals surface area contributed by atoms with Gasteiger partial charge < -0.3 is 26.8 Å². The maximum Gasteiger partial charge on any atom is 0.259 e. The molecule has 11 heteroatoms. The number of carbonyl (C=O) groups is 1. The molecular formula is C18H17BrF2N6O2. The number of amides is 1. The fourth-order valence-corrected chi connectivity index (χ4v) is 2.67. The van der Waals surface area contributed by atoms with Gasteiger partial charge in [-0.25, -0.2) is 8.78 Å². The fourth-order valence-electron chi connectivity index (χ4n) is 2.26. The van der Waals surface area contributed by atoms with Crippen molar-refractivity contribution in [1.29, 1.82) is 5.41 Å². The predicted molar refractivity (Wildman–Crippen MR) is 112 cm³/mol. The summed E-state index contributed by atoms with van der Waals surface area (Å²) in [7, 11) is 1.44. The van der Waals surface area contributed by atoms with E-state index in [0.29, 0.717) is 0 Å². The Morgan fingerprint density at radius 3 is 2.59 bits per heavy atom. The number of hydrogen-bond acceptors (Lipinski definition) is 6. The van der Waals surface area contributed by atoms with Crippen LogP contribution in [0, 0.1) is 17.0 Å². The monoisotopic (exact) mass is 466 g/mol. The Morgan fingerprint density at radius 1 is 1.34 bits per heavy atom. The molecule has 0 saturated heterocycles. The zero-order valence-electron chi connectivity index (χ0n) is 15.1. The van der Waals surface area contributed by atoms with Gasteiger partial charge in [-0.15, -0.1) is 0 Å². The van der Waals surface area contributed by atoms with Crippen molar-refractivity contribution in [3.05, 3.63) is 62.0 Å². The normalized spacial score (nSPS) is 11.9. The average Bonchev–Trinajstić information content (AvgIpc) is 2.70. The van der Waals surface area contributed by atoms with E-state index in [1.54, 1.807) is 0 Å². The molecule has 1 aromatic heterocycles. The summed E-state index contributed by atoms with van der Waals surface area (Å²) in [6.07, 6.45) is 3.28. The number of likely N-dealkylation sites (N-methyl/N-ethyl adjacent to an activating group) is 1. The maximum atomic E-state index is 14.1. The molecule has 8 nitrogen and oxygen atoms in total. The van der Waals surface area contributed by atoms with E-state index in [1.807, 2.05) is 0 Å². The molecule has 2 rings (SSSR count). The summed E-state index contributed by atoms with van der Waals surface area (Å²) >= 11 is 3.21. The molecule has 6 N–H and O–H groups in total. The van der Waals surface area contributed by atoms with Crippen LogP contribution >= 0.6 is 15.9 Å². The molecule has 1 amide bonds. The van der Waals surface area contributed by atoms with Gasteiger partial charge in [0.25, 0.3) is 5.56 Å². The average molecular weight is 467 g/mol. The van der Waals surface area contributed by atoms with Crippen molar-refractivity contribution in [2.45, 2.75) is 0 Å². The van der Waals surface area contributed by atoms with Gasteiger partial charge in [-0.3, -0.25) is 14.6 Å². The number of hydrogen-bond donors (Lipinski definition) is 5. The number of pyridine rings is 1. The minimum absolute atomic E-state index is 0.00528. The van der Waals surface area contributed by atoms with Crippen LogP contribution in [-0.4, -0.2) is 36.9 Å². The number of anilines is 2. The lowest BCUT2D eigenvalue weighted by molar-refractivity contribution is -0.119. The number of rotatable bonds is 7. The number of para-hydroxylation sites is 1. The van der Waals surface area contributed by atoms with Crippen LogP contribution in [0.2, 0.25) is 0 Å². The van der Waals surface area contributed by atoms with Crippen LogP contribution in [0.15, 0.2) is 44.2 Å². The number of nitrogens with two attached hydrogens (primary N) is 1. The number of allylic oxidation sites excluding steroid dienone is 1. The second kappa shape index (κ2) is 9.73. The van der Waals surface area contributed by atoms with Crippen LogP contribution in [0.5, 0.6) is 0 Å². The van der Waals surface area contributed by atoms with Gasteiger partial charge in [0, 0.05) is 31.2 Å². The van der Waals surface area contributed by atoms with E-state index < -0.39 is 22.9 Å². The highest BCUT2D eigenvalue weighted by Gasteiger charge is 2.19. The first kappa shape index (κ1) is 22.0. The molecular weight excluding hydrogens is 450 g/mol. The van der Waals surface area contributed by atoms with Crippen LogP contribution in [0.1, 0.15) is 5.56 Å². The van der Waals surface area contributed by atoms with Gasteiger partial charge in [-0.1, -0.05) is 6.07 Å². The molecule has 0 radical (unpaired) electrons. The van der Waals surface area contributed by atoms with E-state index in [2.05, 4.69) is 36.5 Å². The molecule has 1 aromatic carbocycles. The van der Waals surface area contributed by atoms with Crippen molar-refractivity contribution < 1.29 is 13.6 Å². The second-order valence-corrected chi connectivity index (χ2v) is 6.45. The predicted octanol–water partition coefficient (Wildman–Crippen LogP) is 2.30. The van der Waals surface area contributed by atoms with Gasteiger partial charge >= 0.3 is 0 Å². The third-order valence-electron chi connectivity index (χ3n) is 3.74. The molecule has 0 aliphatic heterocycles. The van der Waals surface area contributed by atoms with E-state index in [1.165, 1.54) is 19.3 Å². The standard InChI is InChI=1S/C18H17BrF2N6O2/c1-24-13(28)8-25-6-9(5-22)15(23)14-16(10(19)7-26-18(14)29)27-17-11(20)3-2-4-12(17)21/h2-7,22H,8,23H2,1H3,(H,24,28)(H2,26,27,29). The quantitative estimate of drug-likeness (QED) is 0.399. The Hall–Kier alpha value is -3.34. The molecule has 0 atom stereocenters. The fraction of sp³-hybridized carbons (Fsp3) is 0.111. The summed E-state index contributed by atoms with van der Waals surface area (Å²) < 4.78 is 28.4. The van der Waals surface area contributed by atoms with E-state index in [9.17, 15) is 18.4 Å². The molecule has 0 bridgehead atoms. The number of nitrogens with zero attached hydrogens (tertiary/aromatic N) is 1. The first-order valence-electron chi connectivity index (χ1n) is 8.13. The summed E-state index contributed by atoms with van der Waals surface area (Å²) in [5, 5.41) is 12.5. The lowest BCUT2D eigenvalue weighted by atomic mass is 10.1. The number of benzene rings is 1. The number of nitrogens with one attached hydrogen (secondary N) is 4. The molecule has 0 saturated carbocycles. The zero-order valence-corrected chi connectivity index (χ0v) is 16.7. The van der Waals surface area contributed by atoms with E-state index in [4.69, 9.17) is 11.1 Å². The highest BCUT2D eigenvalue weighted by molar-refractivity contribution is 9.10. The van der Waals surface area contributed by atoms with Gasteiger partial charge in [-0.05, 0) is 28.1 Å². The van der Waals surface area contributed by atoms with Crippen molar-refractivity contribution in [2.75, 3.05) is 18.9 Å². The third-order valence-corrected chi connectivity index (χ3v) is 4.36. The number of H-pyrrole nitrogens is 1. The Labute approximate surface area is 172 Å². The van der Waals surface area contributed by atoms with E-state index in [-0.39, 0.29) is 39.4 Å². The van der Waals surface area contributed by atoms with Gasteiger partial charge in [0.2, 0.25) is 5.91 Å². The largest absolute Gasteiger partial charge is 0.397 e. The smallest absolute Gasteiger partial charge is 0.259 e. The van der Waals surface area contributed by atoms with Crippen molar-refractivity contribution >= 4 is 51.3 Å². The number of halogens is 3. The number of aromatic nitrogens is 1. The van der Waals surface area contributed by atoms with Gasteiger partial charge in [0.05, 0.1) is 21.4 Å². The molecule has 0 fully saturated rings. The van der Waals surface area contributed by atoms with Crippen LogP contribution < -0.4 is 21.9 Å². The molecule has 2 aromatic rings. The lowest BCUT2D eigenvalue weighted by Crippen LogP contribution is -2.21. The van der Waals surface area contributed by atoms with Crippen molar-refractivity contribution in [3.63, 3.8) is 0 Å². The maximum absolute atomic E-state index is 14.1. The van der Waals surface area contributed by atoms with Crippen molar-refractivity contribution in [2.24, 2.45) is 10.7 Å². The Kier molecular flexibility index (Phi) is 7.37. The second-order valence-electron chi connectivity index (χ2n) is 5.59. The third kappa shape index (κ3) is 5.13. The Balaban J connectivity index is 2.60. The number of carbonyl (C=O) groups excluding carboxylic acids is 1. The highest BCUT2D eigenvalue weighted by atomic mass is 79.9. The van der Waals surface area contributed by atoms with Crippen LogP contribution in [0.4, 0.5) is 20.2 Å². The molecule has 1 heterocycles. The molecule has 0 aliphatic carbocycles. The summed E-state index contributed by atoms with van der Waals surface area (Å²) in [5.74, 6) is -2.10. The number of aromatic amines is 1. The molecule has 0 unspecified atom stereocenters. The topological polar surface area (TPSA) is 136 Å². The first-order valence-corrected chi connectivity index (χ1v) is 8.92. The summed E-state index contributed by atoms with van der Waals surface area (Å²) in [5.41, 5.74) is 4.61. The van der Waals surface area contributed by atoms with E-state index in [0.717, 1.165) is 24.6 Å². The minimum Gasteiger partial charge on any atom is -0.397 e. The minimum atomic E-state index is -0.870. The Morgan fingerprint density at radius 2 is 2.00 bits per heavy atom. The van der Waals surface area contributed by atoms with Gasteiger partial charge in [0.1, 0.15) is 23.9 Å². The summed E-state index contributed by atoms with van der Waals surface area (Å²) in [6.45, 7) is -0.207. The van der Waals surface area contributed by atoms with Crippen molar-refractivity contribution in [1.82, 2.24) is 10.3 Å². The SMILES string of the molecule is CNC(=O)CN=CC(C=N)=C(N)c1c(Nc2c(F)cccc2F)c(Br)c[nH]c1=O. The Bertz CT molecular complexity index is 1040. The van der Waals surface area contributed by atoms with Crippen molar-refractivity contribution in [3.8, 4) is 0 Å².